The highest BCUT2D eigenvalue weighted by Gasteiger charge is 2.28. The summed E-state index contributed by atoms with van der Waals surface area (Å²) in [4.78, 5) is 4.17. The van der Waals surface area contributed by atoms with E-state index in [-0.39, 0.29) is 6.04 Å². The minimum Gasteiger partial charge on any atom is -0.300 e. The third-order valence-electron chi connectivity index (χ3n) is 1.89. The van der Waals surface area contributed by atoms with E-state index in [2.05, 4.69) is 10.3 Å². The van der Waals surface area contributed by atoms with E-state index in [1.165, 1.54) is 11.3 Å². The molecule has 0 unspecified atom stereocenters. The molecule has 0 fully saturated rings. The zero-order chi connectivity index (χ0) is 11.5. The highest BCUT2D eigenvalue weighted by molar-refractivity contribution is 7.09. The highest BCUT2D eigenvalue weighted by atomic mass is 32.1. The molecule has 6 heteroatoms. The second-order valence-corrected chi connectivity index (χ2v) is 4.17. The van der Waals surface area contributed by atoms with Crippen molar-refractivity contribution < 1.29 is 13.2 Å². The monoisotopic (exact) mass is 238 g/mol. The van der Waals surface area contributed by atoms with Gasteiger partial charge in [0.25, 0.3) is 0 Å². The molecule has 0 saturated heterocycles. The van der Waals surface area contributed by atoms with Gasteiger partial charge in [0.05, 0.1) is 12.6 Å². The molecule has 1 aromatic rings. The molecule has 0 amide bonds. The average Bonchev–Trinajstić information content (AvgIpc) is 2.51. The molecule has 0 radical (unpaired) electrons. The summed E-state index contributed by atoms with van der Waals surface area (Å²) in [6, 6.07) is -0.301. The molecule has 0 aliphatic carbocycles. The molecule has 1 N–H and O–H groups in total. The fourth-order valence-corrected chi connectivity index (χ4v) is 2.13. The van der Waals surface area contributed by atoms with E-state index in [9.17, 15) is 13.2 Å². The Hall–Kier alpha value is -0.620. The Balaban J connectivity index is 2.57. The van der Waals surface area contributed by atoms with Crippen LogP contribution in [-0.2, 0) is 0 Å². The number of nitrogens with one attached hydrogen (secondary N) is 1. The van der Waals surface area contributed by atoms with Crippen LogP contribution in [-0.4, -0.2) is 17.7 Å². The van der Waals surface area contributed by atoms with Crippen molar-refractivity contribution in [2.75, 3.05) is 6.54 Å². The van der Waals surface area contributed by atoms with E-state index in [0.717, 1.165) is 10.7 Å². The molecule has 2 nitrogen and oxygen atoms in total. The molecule has 86 valence electrons. The molecule has 15 heavy (non-hydrogen) atoms. The lowest BCUT2D eigenvalue weighted by Crippen LogP contribution is -2.31. The van der Waals surface area contributed by atoms with Crippen molar-refractivity contribution in [3.05, 3.63) is 16.1 Å². The lowest BCUT2D eigenvalue weighted by Gasteiger charge is -2.15. The Labute approximate surface area is 90.5 Å². The lowest BCUT2D eigenvalue weighted by molar-refractivity contribution is -0.126. The fourth-order valence-electron chi connectivity index (χ4n) is 1.18. The summed E-state index contributed by atoms with van der Waals surface area (Å²) in [6.45, 7) is 2.70. The summed E-state index contributed by atoms with van der Waals surface area (Å²) in [5, 5.41) is 5.02. The van der Waals surface area contributed by atoms with Crippen molar-refractivity contribution in [3.63, 3.8) is 0 Å². The molecular weight excluding hydrogens is 225 g/mol. The average molecular weight is 238 g/mol. The maximum absolute atomic E-state index is 12.0. The van der Waals surface area contributed by atoms with E-state index < -0.39 is 12.7 Å². The number of aryl methyl sites for hydroxylation is 1. The maximum Gasteiger partial charge on any atom is 0.401 e. The van der Waals surface area contributed by atoms with Gasteiger partial charge in [-0.25, -0.2) is 4.98 Å². The number of halogens is 3. The fraction of sp³-hybridized carbons (Fsp3) is 0.667. The van der Waals surface area contributed by atoms with E-state index in [1.54, 1.807) is 0 Å². The number of hydrogen-bond donors (Lipinski definition) is 1. The summed E-state index contributed by atoms with van der Waals surface area (Å²) in [7, 11) is 0. The van der Waals surface area contributed by atoms with Crippen molar-refractivity contribution in [1.82, 2.24) is 10.3 Å². The number of rotatable bonds is 4. The van der Waals surface area contributed by atoms with Crippen molar-refractivity contribution in [2.24, 2.45) is 0 Å². The first-order valence-electron chi connectivity index (χ1n) is 4.64. The van der Waals surface area contributed by atoms with Crippen molar-refractivity contribution in [3.8, 4) is 0 Å². The number of nitrogens with zero attached hydrogens (tertiary/aromatic N) is 1. The molecule has 0 aromatic carbocycles. The molecule has 1 atom stereocenters. The van der Waals surface area contributed by atoms with Crippen LogP contribution in [0.5, 0.6) is 0 Å². The van der Waals surface area contributed by atoms with Gasteiger partial charge in [-0.3, -0.25) is 5.32 Å². The van der Waals surface area contributed by atoms with Gasteiger partial charge >= 0.3 is 6.18 Å². The molecule has 1 heterocycles. The Morgan fingerprint density at radius 3 is 2.60 bits per heavy atom. The Morgan fingerprint density at radius 1 is 1.53 bits per heavy atom. The van der Waals surface area contributed by atoms with Crippen LogP contribution in [0.2, 0.25) is 0 Å². The van der Waals surface area contributed by atoms with E-state index in [4.69, 9.17) is 0 Å². The van der Waals surface area contributed by atoms with Crippen LogP contribution in [0.4, 0.5) is 13.2 Å². The molecule has 0 aliphatic heterocycles. The van der Waals surface area contributed by atoms with Gasteiger partial charge in [0, 0.05) is 11.1 Å². The molecule has 1 aromatic heterocycles. The van der Waals surface area contributed by atoms with Crippen LogP contribution >= 0.6 is 11.3 Å². The van der Waals surface area contributed by atoms with Crippen molar-refractivity contribution >= 4 is 11.3 Å². The highest BCUT2D eigenvalue weighted by Crippen LogP contribution is 2.22. The predicted molar refractivity (Wildman–Crippen MR) is 53.9 cm³/mol. The molecular formula is C9H13F3N2S. The van der Waals surface area contributed by atoms with Crippen LogP contribution in [0.1, 0.15) is 30.1 Å². The number of hydrogen-bond acceptors (Lipinski definition) is 3. The van der Waals surface area contributed by atoms with Gasteiger partial charge in [-0.1, -0.05) is 6.92 Å². The van der Waals surface area contributed by atoms with E-state index >= 15 is 0 Å². The predicted octanol–water partition coefficient (Wildman–Crippen LogP) is 3.05. The van der Waals surface area contributed by atoms with Crippen LogP contribution in [0, 0.1) is 6.92 Å². The van der Waals surface area contributed by atoms with E-state index in [1.807, 2.05) is 19.2 Å². The van der Waals surface area contributed by atoms with Gasteiger partial charge in [0.15, 0.2) is 0 Å². The lowest BCUT2D eigenvalue weighted by atomic mass is 10.2. The van der Waals surface area contributed by atoms with Crippen molar-refractivity contribution in [2.45, 2.75) is 32.5 Å². The summed E-state index contributed by atoms with van der Waals surface area (Å²) >= 11 is 1.39. The second kappa shape index (κ2) is 4.94. The SMILES string of the molecule is CC[C@@H](NCC(F)(F)F)c1nc(C)cs1. The number of alkyl halides is 3. The minimum absolute atomic E-state index is 0.301. The normalized spacial score (nSPS) is 14.2. The summed E-state index contributed by atoms with van der Waals surface area (Å²) < 4.78 is 36.0. The third kappa shape index (κ3) is 4.17. The molecule has 0 aliphatic rings. The van der Waals surface area contributed by atoms with Gasteiger partial charge in [0.1, 0.15) is 5.01 Å². The van der Waals surface area contributed by atoms with Crippen molar-refractivity contribution in [1.29, 1.82) is 0 Å². The molecule has 1 rings (SSSR count). The van der Waals surface area contributed by atoms with Crippen LogP contribution in [0.15, 0.2) is 5.38 Å². The Bertz CT molecular complexity index is 309. The quantitative estimate of drug-likeness (QED) is 0.872. The van der Waals surface area contributed by atoms with Gasteiger partial charge in [-0.15, -0.1) is 11.3 Å². The van der Waals surface area contributed by atoms with E-state index in [0.29, 0.717) is 6.42 Å². The summed E-state index contributed by atoms with van der Waals surface area (Å²) in [5.41, 5.74) is 0.849. The van der Waals surface area contributed by atoms with Crippen LogP contribution < -0.4 is 5.32 Å². The first-order chi connectivity index (χ1) is 6.92. The molecule has 0 saturated carbocycles. The summed E-state index contributed by atoms with van der Waals surface area (Å²) in [5.74, 6) is 0. The van der Waals surface area contributed by atoms with Gasteiger partial charge < -0.3 is 0 Å². The summed E-state index contributed by atoms with van der Waals surface area (Å²) in [6.07, 6.45) is -3.57. The Kier molecular flexibility index (Phi) is 4.10. The molecule has 0 bridgehead atoms. The first kappa shape index (κ1) is 12.4. The van der Waals surface area contributed by atoms with Crippen LogP contribution in [0.25, 0.3) is 0 Å². The smallest absolute Gasteiger partial charge is 0.300 e. The third-order valence-corrected chi connectivity index (χ3v) is 2.97. The van der Waals surface area contributed by atoms with Crippen LogP contribution in [0.3, 0.4) is 0 Å². The Morgan fingerprint density at radius 2 is 2.20 bits per heavy atom. The van der Waals surface area contributed by atoms with Gasteiger partial charge in [-0.2, -0.15) is 13.2 Å². The largest absolute Gasteiger partial charge is 0.401 e. The van der Waals surface area contributed by atoms with Gasteiger partial charge in [-0.05, 0) is 13.3 Å². The zero-order valence-corrected chi connectivity index (χ0v) is 9.37. The standard InChI is InChI=1S/C9H13F3N2S/c1-3-7(13-5-9(10,11)12)8-14-6(2)4-15-8/h4,7,13H,3,5H2,1-2H3/t7-/m1/s1. The molecule has 0 spiro atoms. The first-order valence-corrected chi connectivity index (χ1v) is 5.52. The maximum atomic E-state index is 12.0. The van der Waals surface area contributed by atoms with Gasteiger partial charge in [0.2, 0.25) is 0 Å². The number of thiazole rings is 1. The number of aromatic nitrogens is 1. The zero-order valence-electron chi connectivity index (χ0n) is 8.56. The topological polar surface area (TPSA) is 24.9 Å². The minimum atomic E-state index is -4.17. The second-order valence-electron chi connectivity index (χ2n) is 3.28.